The zero-order valence-electron chi connectivity index (χ0n) is 8.89. The first-order valence-corrected chi connectivity index (χ1v) is 5.96. The minimum Gasteiger partial charge on any atom is -0.261 e. The van der Waals surface area contributed by atoms with Gasteiger partial charge in [-0.15, -0.1) is 0 Å². The number of rotatable bonds is 7. The quantitative estimate of drug-likeness (QED) is 0.485. The van der Waals surface area contributed by atoms with E-state index in [0.29, 0.717) is 11.3 Å². The predicted molar refractivity (Wildman–Crippen MR) is 59.5 cm³/mol. The maximum atomic E-state index is 3.46. The van der Waals surface area contributed by atoms with Crippen LogP contribution in [0.2, 0.25) is 0 Å². The van der Waals surface area contributed by atoms with Gasteiger partial charge in [-0.25, -0.2) is 0 Å². The average Bonchev–Trinajstić information content (AvgIpc) is 2.01. The highest BCUT2D eigenvalue weighted by molar-refractivity contribution is 7.98. The minimum absolute atomic E-state index is 0.670. The molecule has 0 aromatic carbocycles. The molecule has 0 rings (SSSR count). The zero-order chi connectivity index (χ0) is 9.40. The standard InChI is InChI=1S/C10H23NS/c1-5-6-7-8-10(4)11-12-9(2)3/h9-11H,5-8H2,1-4H3. The van der Waals surface area contributed by atoms with Crippen molar-refractivity contribution in [3.63, 3.8) is 0 Å². The van der Waals surface area contributed by atoms with Gasteiger partial charge in [0, 0.05) is 11.3 Å². The second-order valence-corrected chi connectivity index (χ2v) is 5.10. The molecule has 0 aliphatic heterocycles. The Hall–Kier alpha value is 0.310. The molecule has 12 heavy (non-hydrogen) atoms. The van der Waals surface area contributed by atoms with Crippen LogP contribution >= 0.6 is 11.9 Å². The monoisotopic (exact) mass is 189 g/mol. The van der Waals surface area contributed by atoms with Gasteiger partial charge in [-0.3, -0.25) is 4.72 Å². The number of hydrogen-bond donors (Lipinski definition) is 1. The molecule has 1 unspecified atom stereocenters. The summed E-state index contributed by atoms with van der Waals surface area (Å²) in [4.78, 5) is 0. The lowest BCUT2D eigenvalue weighted by atomic mass is 10.1. The second kappa shape index (κ2) is 7.93. The summed E-state index contributed by atoms with van der Waals surface area (Å²) in [6.07, 6.45) is 5.37. The normalized spacial score (nSPS) is 13.8. The Kier molecular flexibility index (Phi) is 8.14. The summed E-state index contributed by atoms with van der Waals surface area (Å²) < 4.78 is 3.46. The van der Waals surface area contributed by atoms with Crippen LogP contribution in [0.25, 0.3) is 0 Å². The first-order valence-electron chi connectivity index (χ1n) is 5.08. The minimum atomic E-state index is 0.670. The van der Waals surface area contributed by atoms with E-state index >= 15 is 0 Å². The van der Waals surface area contributed by atoms with Crippen LogP contribution in [0.5, 0.6) is 0 Å². The highest BCUT2D eigenvalue weighted by atomic mass is 32.2. The Morgan fingerprint density at radius 3 is 2.33 bits per heavy atom. The molecule has 0 aliphatic carbocycles. The molecule has 0 aromatic rings. The molecule has 1 atom stereocenters. The van der Waals surface area contributed by atoms with Gasteiger partial charge in [0.05, 0.1) is 0 Å². The van der Waals surface area contributed by atoms with Crippen LogP contribution in [0, 0.1) is 0 Å². The third kappa shape index (κ3) is 8.41. The fraction of sp³-hybridized carbons (Fsp3) is 1.00. The predicted octanol–water partition coefficient (Wildman–Crippen LogP) is 3.60. The van der Waals surface area contributed by atoms with Gasteiger partial charge in [0.1, 0.15) is 0 Å². The summed E-state index contributed by atoms with van der Waals surface area (Å²) in [7, 11) is 0. The van der Waals surface area contributed by atoms with Crippen molar-refractivity contribution in [1.29, 1.82) is 0 Å². The zero-order valence-corrected chi connectivity index (χ0v) is 9.71. The largest absolute Gasteiger partial charge is 0.261 e. The molecular formula is C10H23NS. The van der Waals surface area contributed by atoms with E-state index in [-0.39, 0.29) is 0 Å². The van der Waals surface area contributed by atoms with Crippen molar-refractivity contribution in [3.8, 4) is 0 Å². The SMILES string of the molecule is CCCCCC(C)NSC(C)C. The molecule has 74 valence electrons. The Labute approximate surface area is 81.8 Å². The number of unbranched alkanes of at least 4 members (excludes halogenated alkanes) is 2. The fourth-order valence-electron chi connectivity index (χ4n) is 1.01. The summed E-state index contributed by atoms with van der Waals surface area (Å²) in [5.41, 5.74) is 0. The lowest BCUT2D eigenvalue weighted by molar-refractivity contribution is 0.568. The number of nitrogens with one attached hydrogen (secondary N) is 1. The summed E-state index contributed by atoms with van der Waals surface area (Å²) in [6, 6.07) is 0.670. The van der Waals surface area contributed by atoms with Gasteiger partial charge in [-0.1, -0.05) is 52.0 Å². The van der Waals surface area contributed by atoms with E-state index in [1.165, 1.54) is 25.7 Å². The van der Waals surface area contributed by atoms with Crippen molar-refractivity contribution in [2.75, 3.05) is 0 Å². The Morgan fingerprint density at radius 2 is 1.83 bits per heavy atom. The first-order chi connectivity index (χ1) is 5.66. The maximum Gasteiger partial charge on any atom is 0.0143 e. The van der Waals surface area contributed by atoms with Crippen molar-refractivity contribution in [2.45, 2.75) is 64.7 Å². The lowest BCUT2D eigenvalue weighted by Gasteiger charge is -2.14. The van der Waals surface area contributed by atoms with Crippen LogP contribution in [-0.4, -0.2) is 11.3 Å². The van der Waals surface area contributed by atoms with E-state index in [4.69, 9.17) is 0 Å². The van der Waals surface area contributed by atoms with Crippen LogP contribution in [0.1, 0.15) is 53.4 Å². The molecule has 0 spiro atoms. The van der Waals surface area contributed by atoms with E-state index in [9.17, 15) is 0 Å². The molecule has 0 heterocycles. The van der Waals surface area contributed by atoms with Gasteiger partial charge in [0.2, 0.25) is 0 Å². The van der Waals surface area contributed by atoms with Crippen molar-refractivity contribution in [1.82, 2.24) is 4.72 Å². The van der Waals surface area contributed by atoms with Crippen LogP contribution in [-0.2, 0) is 0 Å². The summed E-state index contributed by atoms with van der Waals surface area (Å²) >= 11 is 1.85. The lowest BCUT2D eigenvalue weighted by Crippen LogP contribution is -2.20. The van der Waals surface area contributed by atoms with E-state index in [0.717, 1.165) is 0 Å². The average molecular weight is 189 g/mol. The molecule has 1 N–H and O–H groups in total. The molecule has 0 aliphatic rings. The number of hydrogen-bond acceptors (Lipinski definition) is 2. The van der Waals surface area contributed by atoms with Gasteiger partial charge in [0.15, 0.2) is 0 Å². The van der Waals surface area contributed by atoms with Gasteiger partial charge in [0.25, 0.3) is 0 Å². The van der Waals surface area contributed by atoms with Gasteiger partial charge in [-0.2, -0.15) is 0 Å². The van der Waals surface area contributed by atoms with E-state index in [1.807, 2.05) is 11.9 Å². The van der Waals surface area contributed by atoms with E-state index < -0.39 is 0 Å². The third-order valence-electron chi connectivity index (χ3n) is 1.75. The molecule has 0 aromatic heterocycles. The van der Waals surface area contributed by atoms with Crippen LogP contribution in [0.15, 0.2) is 0 Å². The van der Waals surface area contributed by atoms with Crippen LogP contribution in [0.3, 0.4) is 0 Å². The second-order valence-electron chi connectivity index (χ2n) is 3.68. The van der Waals surface area contributed by atoms with Crippen molar-refractivity contribution in [2.24, 2.45) is 0 Å². The van der Waals surface area contributed by atoms with Gasteiger partial charge < -0.3 is 0 Å². The molecule has 0 saturated heterocycles. The van der Waals surface area contributed by atoms with Crippen molar-refractivity contribution < 1.29 is 0 Å². The molecule has 0 amide bonds. The molecule has 1 nitrogen and oxygen atoms in total. The van der Waals surface area contributed by atoms with Crippen molar-refractivity contribution >= 4 is 11.9 Å². The maximum absolute atomic E-state index is 3.46. The molecule has 0 bridgehead atoms. The molecule has 0 radical (unpaired) electrons. The summed E-state index contributed by atoms with van der Waals surface area (Å²) in [5.74, 6) is 0. The molecule has 0 saturated carbocycles. The Morgan fingerprint density at radius 1 is 1.17 bits per heavy atom. The first kappa shape index (κ1) is 12.3. The third-order valence-corrected chi connectivity index (χ3v) is 2.76. The Bertz CT molecular complexity index is 93.8. The molecule has 2 heteroatoms. The Balaban J connectivity index is 3.15. The van der Waals surface area contributed by atoms with Crippen LogP contribution in [0.4, 0.5) is 0 Å². The van der Waals surface area contributed by atoms with E-state index in [2.05, 4.69) is 32.4 Å². The summed E-state index contributed by atoms with van der Waals surface area (Å²) in [5, 5.41) is 0.693. The molecular weight excluding hydrogens is 166 g/mol. The van der Waals surface area contributed by atoms with Crippen molar-refractivity contribution in [3.05, 3.63) is 0 Å². The summed E-state index contributed by atoms with van der Waals surface area (Å²) in [6.45, 7) is 8.96. The van der Waals surface area contributed by atoms with Gasteiger partial charge >= 0.3 is 0 Å². The molecule has 0 fully saturated rings. The highest BCUT2D eigenvalue weighted by Crippen LogP contribution is 2.09. The van der Waals surface area contributed by atoms with Crippen LogP contribution < -0.4 is 4.72 Å². The topological polar surface area (TPSA) is 12.0 Å². The fourth-order valence-corrected chi connectivity index (χ4v) is 1.63. The van der Waals surface area contributed by atoms with Gasteiger partial charge in [-0.05, 0) is 13.3 Å². The van der Waals surface area contributed by atoms with E-state index in [1.54, 1.807) is 0 Å². The highest BCUT2D eigenvalue weighted by Gasteiger charge is 2.01. The smallest absolute Gasteiger partial charge is 0.0143 e.